The van der Waals surface area contributed by atoms with Gasteiger partial charge < -0.3 is 10.2 Å². The van der Waals surface area contributed by atoms with Crippen LogP contribution in [0.3, 0.4) is 0 Å². The van der Waals surface area contributed by atoms with Gasteiger partial charge in [0, 0.05) is 5.56 Å². The molecule has 4 rings (SSSR count). The van der Waals surface area contributed by atoms with Gasteiger partial charge in [-0.3, -0.25) is 4.79 Å². The fourth-order valence-corrected chi connectivity index (χ4v) is 3.89. The number of anilines is 1. The molecule has 1 amide bonds. The number of nitrogens with one attached hydrogen (secondary N) is 2. The van der Waals surface area contributed by atoms with Gasteiger partial charge in [0.15, 0.2) is 0 Å². The number of likely N-dealkylation sites (tertiary alicyclic amines) is 1. The molecule has 25 heavy (non-hydrogen) atoms. The first-order valence-electron chi connectivity index (χ1n) is 9.21. The first kappa shape index (κ1) is 16.0. The highest BCUT2D eigenvalue weighted by atomic mass is 16.2. The van der Waals surface area contributed by atoms with Crippen molar-refractivity contribution < 1.29 is 9.69 Å². The lowest BCUT2D eigenvalue weighted by atomic mass is 10.0. The molecular formula is C21H24N3O+. The smallest absolute Gasteiger partial charge is 0.289 e. The molecule has 0 radical (unpaired) electrons. The van der Waals surface area contributed by atoms with Crippen molar-refractivity contribution in [2.45, 2.75) is 31.7 Å². The summed E-state index contributed by atoms with van der Waals surface area (Å²) in [6.45, 7) is 2.06. The van der Waals surface area contributed by atoms with Crippen LogP contribution < -0.4 is 10.2 Å². The van der Waals surface area contributed by atoms with Gasteiger partial charge in [0.05, 0.1) is 24.5 Å². The summed E-state index contributed by atoms with van der Waals surface area (Å²) in [6.07, 6.45) is 4.87. The number of quaternary nitrogens is 1. The molecule has 0 bridgehead atoms. The lowest BCUT2D eigenvalue weighted by Gasteiger charge is -2.26. The largest absolute Gasteiger partial charge is 0.320 e. The fraction of sp³-hybridized carbons (Fsp3) is 0.333. The normalized spacial score (nSPS) is 21.5. The predicted octanol–water partition coefficient (Wildman–Crippen LogP) is 2.59. The summed E-state index contributed by atoms with van der Waals surface area (Å²) in [6, 6.07) is 17.7. The monoisotopic (exact) mass is 334 g/mol. The molecule has 2 heterocycles. The molecule has 2 aromatic rings. The van der Waals surface area contributed by atoms with Crippen molar-refractivity contribution in [2.75, 3.05) is 18.4 Å². The molecule has 0 aliphatic carbocycles. The number of benzene rings is 2. The Hall–Kier alpha value is -2.46. The summed E-state index contributed by atoms with van der Waals surface area (Å²) in [5.74, 6) is 0.0597. The van der Waals surface area contributed by atoms with Gasteiger partial charge in [-0.25, -0.2) is 4.99 Å². The molecule has 4 nitrogen and oxygen atoms in total. The molecular weight excluding hydrogens is 310 g/mol. The number of aliphatic imine (C=N–C) groups is 1. The average molecular weight is 334 g/mol. The maximum absolute atomic E-state index is 13.2. The van der Waals surface area contributed by atoms with E-state index in [0.29, 0.717) is 0 Å². The molecule has 0 aromatic heterocycles. The van der Waals surface area contributed by atoms with Crippen LogP contribution in [0.2, 0.25) is 0 Å². The van der Waals surface area contributed by atoms with Crippen molar-refractivity contribution >= 4 is 23.0 Å². The van der Waals surface area contributed by atoms with E-state index in [2.05, 4.69) is 17.4 Å². The molecule has 2 aromatic carbocycles. The summed E-state index contributed by atoms with van der Waals surface area (Å²) in [5.41, 5.74) is 3.57. The van der Waals surface area contributed by atoms with Crippen molar-refractivity contribution in [3.8, 4) is 0 Å². The number of carbonyl (C=O) groups is 1. The minimum Gasteiger partial charge on any atom is -0.320 e. The molecule has 128 valence electrons. The number of carbonyl (C=O) groups excluding carboxylic acids is 1. The molecule has 1 saturated heterocycles. The number of para-hydroxylation sites is 2. The van der Waals surface area contributed by atoms with Crippen LogP contribution in [0, 0.1) is 0 Å². The van der Waals surface area contributed by atoms with Crippen LogP contribution >= 0.6 is 0 Å². The van der Waals surface area contributed by atoms with Crippen LogP contribution in [0.1, 0.15) is 31.2 Å². The van der Waals surface area contributed by atoms with E-state index in [1.54, 1.807) is 0 Å². The Morgan fingerprint density at radius 1 is 0.880 bits per heavy atom. The summed E-state index contributed by atoms with van der Waals surface area (Å²) in [4.78, 5) is 19.5. The zero-order valence-corrected chi connectivity index (χ0v) is 14.4. The van der Waals surface area contributed by atoms with E-state index in [4.69, 9.17) is 4.99 Å². The second kappa shape index (κ2) is 7.19. The second-order valence-electron chi connectivity index (χ2n) is 6.87. The number of hydrogen-bond acceptors (Lipinski definition) is 2. The Balaban J connectivity index is 1.81. The summed E-state index contributed by atoms with van der Waals surface area (Å²) >= 11 is 0. The third kappa shape index (κ3) is 3.35. The van der Waals surface area contributed by atoms with Crippen LogP contribution in [0.4, 0.5) is 11.4 Å². The quantitative estimate of drug-likeness (QED) is 0.871. The standard InChI is InChI=1S/C21H23N3O/c25-21-20(24-14-8-1-2-9-15-24)19(16-10-4-3-5-11-16)22-17-12-6-7-13-18(17)23-21/h3-7,10-13,20H,1-2,8-9,14-15H2,(H,23,25)/p+1/t20-/m1/s1. The zero-order valence-electron chi connectivity index (χ0n) is 14.4. The Kier molecular flexibility index (Phi) is 4.61. The number of hydrogen-bond donors (Lipinski definition) is 2. The van der Waals surface area contributed by atoms with E-state index < -0.39 is 0 Å². The van der Waals surface area contributed by atoms with Crippen molar-refractivity contribution in [3.63, 3.8) is 0 Å². The minimum atomic E-state index is -0.257. The van der Waals surface area contributed by atoms with Gasteiger partial charge in [-0.2, -0.15) is 0 Å². The predicted molar refractivity (Wildman–Crippen MR) is 101 cm³/mol. The average Bonchev–Trinajstić information content (AvgIpc) is 2.99. The minimum absolute atomic E-state index is 0.0597. The lowest BCUT2D eigenvalue weighted by Crippen LogP contribution is -3.18. The van der Waals surface area contributed by atoms with Gasteiger partial charge in [0.25, 0.3) is 5.91 Å². The summed E-state index contributed by atoms with van der Waals surface area (Å²) in [5, 5.41) is 3.12. The van der Waals surface area contributed by atoms with Gasteiger partial charge in [-0.1, -0.05) is 42.5 Å². The van der Waals surface area contributed by atoms with Gasteiger partial charge in [-0.15, -0.1) is 0 Å². The number of rotatable bonds is 2. The molecule has 2 N–H and O–H groups in total. The first-order valence-corrected chi connectivity index (χ1v) is 9.21. The van der Waals surface area contributed by atoms with Crippen molar-refractivity contribution in [3.05, 3.63) is 60.2 Å². The third-order valence-corrected chi connectivity index (χ3v) is 5.16. The molecule has 1 fully saturated rings. The van der Waals surface area contributed by atoms with Crippen LogP contribution in [0.5, 0.6) is 0 Å². The maximum Gasteiger partial charge on any atom is 0.289 e. The van der Waals surface area contributed by atoms with E-state index in [-0.39, 0.29) is 11.9 Å². The Morgan fingerprint density at radius 3 is 2.32 bits per heavy atom. The van der Waals surface area contributed by atoms with Crippen LogP contribution in [0.15, 0.2) is 59.6 Å². The van der Waals surface area contributed by atoms with Crippen LogP contribution in [-0.2, 0) is 4.79 Å². The SMILES string of the molecule is O=C1Nc2ccccc2N=C(c2ccccc2)[C@H]1[NH+]1CCCCCC1. The van der Waals surface area contributed by atoms with E-state index >= 15 is 0 Å². The highest BCUT2D eigenvalue weighted by molar-refractivity contribution is 6.21. The second-order valence-corrected chi connectivity index (χ2v) is 6.87. The Labute approximate surface area is 148 Å². The van der Waals surface area contributed by atoms with Crippen molar-refractivity contribution in [2.24, 2.45) is 4.99 Å². The number of amides is 1. The Morgan fingerprint density at radius 2 is 1.56 bits per heavy atom. The topological polar surface area (TPSA) is 45.9 Å². The van der Waals surface area contributed by atoms with E-state index in [1.807, 2.05) is 42.5 Å². The van der Waals surface area contributed by atoms with Crippen LogP contribution in [0.25, 0.3) is 0 Å². The molecule has 4 heteroatoms. The van der Waals surface area contributed by atoms with Crippen molar-refractivity contribution in [1.29, 1.82) is 0 Å². The molecule has 2 aliphatic rings. The van der Waals surface area contributed by atoms with Gasteiger partial charge in [0.1, 0.15) is 5.71 Å². The summed E-state index contributed by atoms with van der Waals surface area (Å²) in [7, 11) is 0. The van der Waals surface area contributed by atoms with Crippen molar-refractivity contribution in [1.82, 2.24) is 0 Å². The van der Waals surface area contributed by atoms with Crippen LogP contribution in [-0.4, -0.2) is 30.8 Å². The fourth-order valence-electron chi connectivity index (χ4n) is 3.89. The lowest BCUT2D eigenvalue weighted by molar-refractivity contribution is -0.904. The van der Waals surface area contributed by atoms with E-state index in [0.717, 1.165) is 35.7 Å². The van der Waals surface area contributed by atoms with E-state index in [1.165, 1.54) is 30.6 Å². The summed E-state index contributed by atoms with van der Waals surface area (Å²) < 4.78 is 0. The number of nitrogens with zero attached hydrogens (tertiary/aromatic N) is 1. The first-order chi connectivity index (χ1) is 12.3. The molecule has 0 spiro atoms. The molecule has 0 unspecified atom stereocenters. The molecule has 1 atom stereocenters. The highest BCUT2D eigenvalue weighted by Gasteiger charge is 2.37. The zero-order chi connectivity index (χ0) is 17.1. The maximum atomic E-state index is 13.2. The van der Waals surface area contributed by atoms with Gasteiger partial charge >= 0.3 is 0 Å². The molecule has 2 aliphatic heterocycles. The van der Waals surface area contributed by atoms with Gasteiger partial charge in [-0.05, 0) is 37.8 Å². The Bertz CT molecular complexity index is 777. The third-order valence-electron chi connectivity index (χ3n) is 5.16. The van der Waals surface area contributed by atoms with E-state index in [9.17, 15) is 4.79 Å². The number of fused-ring (bicyclic) bond motifs is 1. The van der Waals surface area contributed by atoms with Gasteiger partial charge in [0.2, 0.25) is 6.04 Å². The molecule has 0 saturated carbocycles. The highest BCUT2D eigenvalue weighted by Crippen LogP contribution is 2.28.